The van der Waals surface area contributed by atoms with Gasteiger partial charge in [-0.15, -0.1) is 0 Å². The molecular formula is C12H13FOS. The first-order valence-electron chi connectivity index (χ1n) is 5.03. The SMILES string of the molecule is O=Cc1ccc(CC2(F)CCSC2)cc1. The van der Waals surface area contributed by atoms with Gasteiger partial charge in [-0.05, 0) is 17.7 Å². The number of hydrogen-bond acceptors (Lipinski definition) is 2. The Morgan fingerprint density at radius 2 is 2.13 bits per heavy atom. The molecule has 0 radical (unpaired) electrons. The number of hydrogen-bond donors (Lipinski definition) is 0. The summed E-state index contributed by atoms with van der Waals surface area (Å²) < 4.78 is 14.1. The van der Waals surface area contributed by atoms with Crippen molar-refractivity contribution in [1.29, 1.82) is 0 Å². The number of aldehydes is 1. The second-order valence-electron chi connectivity index (χ2n) is 3.99. The lowest BCUT2D eigenvalue weighted by Crippen LogP contribution is -2.24. The van der Waals surface area contributed by atoms with Crippen LogP contribution in [0, 0.1) is 0 Å². The Balaban J connectivity index is 2.07. The van der Waals surface area contributed by atoms with Crippen LogP contribution < -0.4 is 0 Å². The van der Waals surface area contributed by atoms with E-state index in [1.807, 2.05) is 12.1 Å². The topological polar surface area (TPSA) is 17.1 Å². The van der Waals surface area contributed by atoms with Crippen molar-refractivity contribution in [2.45, 2.75) is 18.5 Å². The minimum atomic E-state index is -1.03. The highest BCUT2D eigenvalue weighted by molar-refractivity contribution is 7.99. The first kappa shape index (κ1) is 10.7. The van der Waals surface area contributed by atoms with Gasteiger partial charge in [-0.1, -0.05) is 24.3 Å². The maximum absolute atomic E-state index is 14.1. The van der Waals surface area contributed by atoms with Gasteiger partial charge in [0.05, 0.1) is 0 Å². The van der Waals surface area contributed by atoms with Crippen LogP contribution in [0.1, 0.15) is 22.3 Å². The molecule has 1 unspecified atom stereocenters. The van der Waals surface area contributed by atoms with Crippen molar-refractivity contribution in [3.63, 3.8) is 0 Å². The maximum atomic E-state index is 14.1. The lowest BCUT2D eigenvalue weighted by atomic mass is 9.95. The lowest BCUT2D eigenvalue weighted by Gasteiger charge is -2.17. The summed E-state index contributed by atoms with van der Waals surface area (Å²) in [5.74, 6) is 1.52. The highest BCUT2D eigenvalue weighted by atomic mass is 32.2. The second kappa shape index (κ2) is 4.35. The highest BCUT2D eigenvalue weighted by Crippen LogP contribution is 2.34. The summed E-state index contributed by atoms with van der Waals surface area (Å²) in [6.45, 7) is 0. The number of carbonyl (C=O) groups is 1. The molecule has 0 saturated carbocycles. The zero-order valence-electron chi connectivity index (χ0n) is 8.41. The molecule has 3 heteroatoms. The standard InChI is InChI=1S/C12H13FOS/c13-12(5-6-15-9-12)7-10-1-3-11(8-14)4-2-10/h1-4,8H,5-7,9H2. The van der Waals surface area contributed by atoms with Crippen LogP contribution in [0.4, 0.5) is 4.39 Å². The van der Waals surface area contributed by atoms with Gasteiger partial charge in [-0.3, -0.25) is 4.79 Å². The average molecular weight is 224 g/mol. The molecule has 0 N–H and O–H groups in total. The summed E-state index contributed by atoms with van der Waals surface area (Å²) in [7, 11) is 0. The second-order valence-corrected chi connectivity index (χ2v) is 5.09. The van der Waals surface area contributed by atoms with Gasteiger partial charge in [-0.2, -0.15) is 11.8 Å². The normalized spacial score (nSPS) is 25.4. The Morgan fingerprint density at radius 3 is 2.67 bits per heavy atom. The van der Waals surface area contributed by atoms with Gasteiger partial charge in [0.25, 0.3) is 0 Å². The third-order valence-corrected chi connectivity index (χ3v) is 3.91. The van der Waals surface area contributed by atoms with Gasteiger partial charge in [0, 0.05) is 17.7 Å². The summed E-state index contributed by atoms with van der Waals surface area (Å²) in [6.07, 6.45) is 1.92. The van der Waals surface area contributed by atoms with Crippen molar-refractivity contribution in [2.75, 3.05) is 11.5 Å². The van der Waals surface area contributed by atoms with Crippen LogP contribution in [-0.4, -0.2) is 23.5 Å². The molecule has 0 aromatic heterocycles. The maximum Gasteiger partial charge on any atom is 0.150 e. The molecule has 1 aromatic carbocycles. The fourth-order valence-corrected chi connectivity index (χ4v) is 3.07. The molecule has 0 spiro atoms. The summed E-state index contributed by atoms with van der Waals surface area (Å²) in [4.78, 5) is 10.4. The Labute approximate surface area is 93.1 Å². The summed E-state index contributed by atoms with van der Waals surface area (Å²) >= 11 is 1.68. The van der Waals surface area contributed by atoms with Crippen molar-refractivity contribution in [3.05, 3.63) is 35.4 Å². The van der Waals surface area contributed by atoms with Crippen LogP contribution in [0.2, 0.25) is 0 Å². The number of alkyl halides is 1. The molecule has 1 aliphatic heterocycles. The van der Waals surface area contributed by atoms with Crippen molar-refractivity contribution >= 4 is 18.0 Å². The average Bonchev–Trinajstić information content (AvgIpc) is 2.66. The van der Waals surface area contributed by atoms with E-state index in [9.17, 15) is 9.18 Å². The quantitative estimate of drug-likeness (QED) is 0.734. The van der Waals surface area contributed by atoms with Crippen LogP contribution in [0.25, 0.3) is 0 Å². The molecule has 0 amide bonds. The molecule has 1 saturated heterocycles. The van der Waals surface area contributed by atoms with Gasteiger partial charge in [-0.25, -0.2) is 4.39 Å². The largest absolute Gasteiger partial charge is 0.298 e. The molecule has 1 fully saturated rings. The Bertz CT molecular complexity index is 341. The van der Waals surface area contributed by atoms with E-state index in [2.05, 4.69) is 0 Å². The number of carbonyl (C=O) groups excluding carboxylic acids is 1. The first-order valence-corrected chi connectivity index (χ1v) is 6.18. The van der Waals surface area contributed by atoms with E-state index in [0.29, 0.717) is 24.2 Å². The Hall–Kier alpha value is -0.830. The van der Waals surface area contributed by atoms with Crippen LogP contribution >= 0.6 is 11.8 Å². The molecule has 15 heavy (non-hydrogen) atoms. The molecule has 1 nitrogen and oxygen atoms in total. The van der Waals surface area contributed by atoms with Gasteiger partial charge in [0.2, 0.25) is 0 Å². The highest BCUT2D eigenvalue weighted by Gasteiger charge is 2.34. The lowest BCUT2D eigenvalue weighted by molar-refractivity contribution is 0.112. The molecule has 2 rings (SSSR count). The van der Waals surface area contributed by atoms with E-state index < -0.39 is 5.67 Å². The van der Waals surface area contributed by atoms with Crippen LogP contribution in [0.3, 0.4) is 0 Å². The molecule has 80 valence electrons. The first-order chi connectivity index (χ1) is 7.22. The molecule has 1 atom stereocenters. The number of benzene rings is 1. The van der Waals surface area contributed by atoms with Gasteiger partial charge in [0.15, 0.2) is 0 Å². The van der Waals surface area contributed by atoms with Gasteiger partial charge < -0.3 is 0 Å². The molecular weight excluding hydrogens is 211 g/mol. The Kier molecular flexibility index (Phi) is 3.10. The van der Waals surface area contributed by atoms with Gasteiger partial charge in [0.1, 0.15) is 12.0 Å². The minimum Gasteiger partial charge on any atom is -0.298 e. The fourth-order valence-electron chi connectivity index (χ4n) is 1.80. The van der Waals surface area contributed by atoms with Crippen LogP contribution in [0.5, 0.6) is 0 Å². The molecule has 1 aliphatic rings. The van der Waals surface area contributed by atoms with Crippen molar-refractivity contribution in [3.8, 4) is 0 Å². The predicted octanol–water partition coefficient (Wildman–Crippen LogP) is 2.89. The number of thioether (sulfide) groups is 1. The molecule has 1 heterocycles. The van der Waals surface area contributed by atoms with Crippen molar-refractivity contribution in [2.24, 2.45) is 0 Å². The fraction of sp³-hybridized carbons (Fsp3) is 0.417. The third-order valence-electron chi connectivity index (χ3n) is 2.69. The Morgan fingerprint density at radius 1 is 1.40 bits per heavy atom. The predicted molar refractivity (Wildman–Crippen MR) is 61.3 cm³/mol. The van der Waals surface area contributed by atoms with E-state index in [0.717, 1.165) is 17.6 Å². The number of halogens is 1. The summed E-state index contributed by atoms with van der Waals surface area (Å²) in [5, 5.41) is 0. The van der Waals surface area contributed by atoms with Crippen molar-refractivity contribution in [1.82, 2.24) is 0 Å². The molecule has 0 bridgehead atoms. The van der Waals surface area contributed by atoms with E-state index in [-0.39, 0.29) is 0 Å². The summed E-state index contributed by atoms with van der Waals surface area (Å²) in [6, 6.07) is 7.17. The van der Waals surface area contributed by atoms with Crippen LogP contribution in [0.15, 0.2) is 24.3 Å². The van der Waals surface area contributed by atoms with E-state index in [4.69, 9.17) is 0 Å². The molecule has 1 aromatic rings. The van der Waals surface area contributed by atoms with Crippen molar-refractivity contribution < 1.29 is 9.18 Å². The molecule has 0 aliphatic carbocycles. The summed E-state index contributed by atoms with van der Waals surface area (Å²) in [5.41, 5.74) is 0.589. The van der Waals surface area contributed by atoms with E-state index in [1.165, 1.54) is 0 Å². The third kappa shape index (κ3) is 2.59. The van der Waals surface area contributed by atoms with Crippen LogP contribution in [-0.2, 0) is 6.42 Å². The number of rotatable bonds is 3. The zero-order valence-corrected chi connectivity index (χ0v) is 9.23. The van der Waals surface area contributed by atoms with Gasteiger partial charge >= 0.3 is 0 Å². The minimum absolute atomic E-state index is 0.471. The zero-order chi connectivity index (χ0) is 10.7. The van der Waals surface area contributed by atoms with E-state index in [1.54, 1.807) is 23.9 Å². The smallest absolute Gasteiger partial charge is 0.150 e. The van der Waals surface area contributed by atoms with E-state index >= 15 is 0 Å². The monoisotopic (exact) mass is 224 g/mol.